The number of nitrogens with zero attached hydrogens (tertiary/aromatic N) is 2. The van der Waals surface area contributed by atoms with Crippen molar-refractivity contribution in [3.8, 4) is 11.5 Å². The van der Waals surface area contributed by atoms with Crippen LogP contribution in [0.2, 0.25) is 0 Å². The number of non-ortho nitro benzene ring substituents is 1. The second-order valence-corrected chi connectivity index (χ2v) is 3.98. The number of carbonyl (C=O) groups is 1. The van der Waals surface area contributed by atoms with Crippen molar-refractivity contribution in [3.05, 3.63) is 64.5 Å². The number of aliphatic carboxylic acids is 1. The Balaban J connectivity index is 2.14. The fourth-order valence-corrected chi connectivity index (χ4v) is 1.52. The van der Waals surface area contributed by atoms with E-state index in [4.69, 9.17) is 9.84 Å². The lowest BCUT2D eigenvalue weighted by atomic mass is 10.2. The van der Waals surface area contributed by atoms with Crippen molar-refractivity contribution in [3.63, 3.8) is 0 Å². The Morgan fingerprint density at radius 3 is 2.57 bits per heavy atom. The van der Waals surface area contributed by atoms with Crippen molar-refractivity contribution in [2.24, 2.45) is 0 Å². The summed E-state index contributed by atoms with van der Waals surface area (Å²) in [7, 11) is 0. The molecule has 1 N–H and O–H groups in total. The van der Waals surface area contributed by atoms with Gasteiger partial charge in [0.05, 0.1) is 11.1 Å². The van der Waals surface area contributed by atoms with Crippen LogP contribution < -0.4 is 4.74 Å². The number of pyridine rings is 1. The van der Waals surface area contributed by atoms with Gasteiger partial charge in [-0.05, 0) is 29.8 Å². The first kappa shape index (κ1) is 14.2. The van der Waals surface area contributed by atoms with E-state index in [1.807, 2.05) is 0 Å². The minimum atomic E-state index is -1.06. The van der Waals surface area contributed by atoms with E-state index in [0.29, 0.717) is 17.1 Å². The quantitative estimate of drug-likeness (QED) is 0.515. The van der Waals surface area contributed by atoms with Crippen LogP contribution in [0.1, 0.15) is 5.56 Å². The number of rotatable bonds is 5. The van der Waals surface area contributed by atoms with Crippen LogP contribution in [0.5, 0.6) is 11.5 Å². The number of nitro groups is 1. The molecule has 21 heavy (non-hydrogen) atoms. The third kappa shape index (κ3) is 4.13. The largest absolute Gasteiger partial charge is 0.478 e. The molecule has 1 aromatic carbocycles. The molecule has 2 rings (SSSR count). The van der Waals surface area contributed by atoms with E-state index in [2.05, 4.69) is 4.98 Å². The van der Waals surface area contributed by atoms with Crippen LogP contribution in [-0.4, -0.2) is 21.0 Å². The van der Waals surface area contributed by atoms with Gasteiger partial charge in [-0.25, -0.2) is 4.79 Å². The van der Waals surface area contributed by atoms with Crippen LogP contribution in [0.15, 0.2) is 48.8 Å². The SMILES string of the molecule is O=C(O)/C=C/c1cncc(Oc2ccc([N+](=O)[O-])cc2)c1. The van der Waals surface area contributed by atoms with E-state index in [9.17, 15) is 14.9 Å². The summed E-state index contributed by atoms with van der Waals surface area (Å²) in [4.78, 5) is 24.4. The predicted octanol–water partition coefficient (Wildman–Crippen LogP) is 2.88. The number of carboxylic acid groups (broad SMARTS) is 1. The molecule has 0 radical (unpaired) electrons. The highest BCUT2D eigenvalue weighted by Gasteiger charge is 2.05. The van der Waals surface area contributed by atoms with Crippen molar-refractivity contribution < 1.29 is 19.6 Å². The first-order chi connectivity index (χ1) is 10.0. The Morgan fingerprint density at radius 1 is 1.24 bits per heavy atom. The maximum Gasteiger partial charge on any atom is 0.328 e. The van der Waals surface area contributed by atoms with E-state index in [1.165, 1.54) is 42.7 Å². The monoisotopic (exact) mass is 286 g/mol. The van der Waals surface area contributed by atoms with Crippen molar-refractivity contribution in [2.75, 3.05) is 0 Å². The fraction of sp³-hybridized carbons (Fsp3) is 0. The Morgan fingerprint density at radius 2 is 1.95 bits per heavy atom. The molecule has 1 aromatic heterocycles. The molecule has 0 aliphatic rings. The van der Waals surface area contributed by atoms with E-state index in [0.717, 1.165) is 6.08 Å². The summed E-state index contributed by atoms with van der Waals surface area (Å²) in [6.07, 6.45) is 5.33. The van der Waals surface area contributed by atoms with Crippen LogP contribution in [0.25, 0.3) is 6.08 Å². The molecule has 2 aromatic rings. The number of carboxylic acids is 1. The third-order valence-corrected chi connectivity index (χ3v) is 2.44. The maximum absolute atomic E-state index is 10.5. The van der Waals surface area contributed by atoms with E-state index < -0.39 is 10.9 Å². The summed E-state index contributed by atoms with van der Waals surface area (Å²) in [5.74, 6) is -0.241. The fourth-order valence-electron chi connectivity index (χ4n) is 1.52. The zero-order chi connectivity index (χ0) is 15.2. The molecular formula is C14H10N2O5. The Hall–Kier alpha value is -3.22. The number of nitro benzene ring substituents is 1. The average molecular weight is 286 g/mol. The van der Waals surface area contributed by atoms with Crippen molar-refractivity contribution >= 4 is 17.7 Å². The molecule has 0 atom stereocenters. The number of ether oxygens (including phenoxy) is 1. The highest BCUT2D eigenvalue weighted by atomic mass is 16.6. The van der Waals surface area contributed by atoms with Crippen molar-refractivity contribution in [1.82, 2.24) is 4.98 Å². The molecule has 7 heteroatoms. The van der Waals surface area contributed by atoms with Gasteiger partial charge in [0.1, 0.15) is 11.5 Å². The Kier molecular flexibility index (Phi) is 4.25. The maximum atomic E-state index is 10.5. The number of hydrogen-bond donors (Lipinski definition) is 1. The molecule has 0 spiro atoms. The third-order valence-electron chi connectivity index (χ3n) is 2.44. The van der Waals surface area contributed by atoms with Gasteiger partial charge in [0, 0.05) is 24.4 Å². The van der Waals surface area contributed by atoms with Crippen molar-refractivity contribution in [2.45, 2.75) is 0 Å². The lowest BCUT2D eigenvalue weighted by Crippen LogP contribution is -1.90. The van der Waals surface area contributed by atoms with Gasteiger partial charge >= 0.3 is 5.97 Å². The van der Waals surface area contributed by atoms with Gasteiger partial charge in [-0.2, -0.15) is 0 Å². The normalized spacial score (nSPS) is 10.5. The summed E-state index contributed by atoms with van der Waals surface area (Å²) in [6.45, 7) is 0. The second-order valence-electron chi connectivity index (χ2n) is 3.98. The molecule has 0 saturated carbocycles. The smallest absolute Gasteiger partial charge is 0.328 e. The summed E-state index contributed by atoms with van der Waals surface area (Å²) >= 11 is 0. The van der Waals surface area contributed by atoms with Gasteiger partial charge in [-0.15, -0.1) is 0 Å². The molecule has 0 amide bonds. The lowest BCUT2D eigenvalue weighted by molar-refractivity contribution is -0.384. The van der Waals surface area contributed by atoms with Crippen LogP contribution in [0.4, 0.5) is 5.69 Å². The number of benzene rings is 1. The first-order valence-corrected chi connectivity index (χ1v) is 5.83. The van der Waals surface area contributed by atoms with Crippen LogP contribution in [0, 0.1) is 10.1 Å². The van der Waals surface area contributed by atoms with Gasteiger partial charge < -0.3 is 9.84 Å². The Bertz CT molecular complexity index is 695. The highest BCUT2D eigenvalue weighted by molar-refractivity contribution is 5.85. The zero-order valence-corrected chi connectivity index (χ0v) is 10.7. The van der Waals surface area contributed by atoms with Gasteiger partial charge in [-0.1, -0.05) is 0 Å². The molecule has 106 valence electrons. The van der Waals surface area contributed by atoms with Crippen LogP contribution in [0.3, 0.4) is 0 Å². The van der Waals surface area contributed by atoms with E-state index >= 15 is 0 Å². The molecule has 0 aliphatic heterocycles. The topological polar surface area (TPSA) is 103 Å². The number of aromatic nitrogens is 1. The summed E-state index contributed by atoms with van der Waals surface area (Å²) < 4.78 is 5.49. The summed E-state index contributed by atoms with van der Waals surface area (Å²) in [5, 5.41) is 19.1. The van der Waals surface area contributed by atoms with E-state index in [-0.39, 0.29) is 5.69 Å². The average Bonchev–Trinajstić information content (AvgIpc) is 2.46. The van der Waals surface area contributed by atoms with Gasteiger partial charge in [0.15, 0.2) is 0 Å². The minimum absolute atomic E-state index is 0.0291. The standard InChI is InChI=1S/C14H10N2O5/c17-14(18)6-1-10-7-13(9-15-8-10)21-12-4-2-11(3-5-12)16(19)20/h1-9H,(H,17,18)/b6-1+. The van der Waals surface area contributed by atoms with Gasteiger partial charge in [0.2, 0.25) is 0 Å². The lowest BCUT2D eigenvalue weighted by Gasteiger charge is -2.05. The molecule has 1 heterocycles. The molecule has 0 aliphatic carbocycles. The highest BCUT2D eigenvalue weighted by Crippen LogP contribution is 2.24. The van der Waals surface area contributed by atoms with Gasteiger partial charge in [-0.3, -0.25) is 15.1 Å². The molecule has 0 saturated heterocycles. The Labute approximate surface area is 119 Å². The number of hydrogen-bond acceptors (Lipinski definition) is 5. The van der Waals surface area contributed by atoms with Gasteiger partial charge in [0.25, 0.3) is 5.69 Å². The zero-order valence-electron chi connectivity index (χ0n) is 10.7. The summed E-state index contributed by atoms with van der Waals surface area (Å²) in [6, 6.07) is 7.21. The van der Waals surface area contributed by atoms with E-state index in [1.54, 1.807) is 6.07 Å². The van der Waals surface area contributed by atoms with Crippen molar-refractivity contribution in [1.29, 1.82) is 0 Å². The first-order valence-electron chi connectivity index (χ1n) is 5.83. The second kappa shape index (κ2) is 6.29. The molecule has 0 bridgehead atoms. The van der Waals surface area contributed by atoms with Crippen LogP contribution in [-0.2, 0) is 4.79 Å². The predicted molar refractivity (Wildman–Crippen MR) is 74.1 cm³/mol. The summed E-state index contributed by atoms with van der Waals surface area (Å²) in [5.41, 5.74) is 0.537. The van der Waals surface area contributed by atoms with Crippen LogP contribution >= 0.6 is 0 Å². The minimum Gasteiger partial charge on any atom is -0.478 e. The molecule has 0 unspecified atom stereocenters. The molecular weight excluding hydrogens is 276 g/mol. The molecule has 7 nitrogen and oxygen atoms in total. The molecule has 0 fully saturated rings.